The number of esters is 1. The minimum absolute atomic E-state index is 0.0714. The Morgan fingerprint density at radius 3 is 2.73 bits per heavy atom. The summed E-state index contributed by atoms with van der Waals surface area (Å²) >= 11 is 0. The Bertz CT molecular complexity index is 523. The largest absolute Gasteiger partial charge is 0.469 e. The highest BCUT2D eigenvalue weighted by Gasteiger charge is 2.28. The van der Waals surface area contributed by atoms with Gasteiger partial charge in [0.25, 0.3) is 5.91 Å². The number of anilines is 1. The molecule has 1 aromatic carbocycles. The second kappa shape index (κ2) is 7.94. The number of aryl methyl sites for hydroxylation is 1. The Labute approximate surface area is 131 Å². The van der Waals surface area contributed by atoms with Gasteiger partial charge in [0.2, 0.25) is 0 Å². The second-order valence-corrected chi connectivity index (χ2v) is 5.46. The summed E-state index contributed by atoms with van der Waals surface area (Å²) in [5, 5.41) is 0. The van der Waals surface area contributed by atoms with Crippen LogP contribution in [0.5, 0.6) is 0 Å². The van der Waals surface area contributed by atoms with Gasteiger partial charge in [-0.15, -0.1) is 0 Å². The molecule has 0 saturated carbocycles. The molecule has 0 spiro atoms. The number of benzene rings is 1. The van der Waals surface area contributed by atoms with Gasteiger partial charge in [-0.3, -0.25) is 9.59 Å². The van der Waals surface area contributed by atoms with Gasteiger partial charge in [0.15, 0.2) is 0 Å². The highest BCUT2D eigenvalue weighted by Crippen LogP contribution is 2.23. The molecule has 1 heterocycles. The fourth-order valence-corrected chi connectivity index (χ4v) is 2.63. The first-order chi connectivity index (χ1) is 10.6. The van der Waals surface area contributed by atoms with Crippen molar-refractivity contribution in [3.8, 4) is 0 Å². The van der Waals surface area contributed by atoms with E-state index in [0.29, 0.717) is 13.2 Å². The standard InChI is InChI=1S/C17H23NO4/c1-13-7-3-4-8-14(13)18(11-10-16(19)21-2)17(20)15-9-5-6-12-22-15/h3-4,7-8,15H,5-6,9-12H2,1-2H3/t15-/m1/s1. The maximum atomic E-state index is 12.8. The molecule has 0 N–H and O–H groups in total. The molecule has 1 aliphatic rings. The van der Waals surface area contributed by atoms with Crippen molar-refractivity contribution in [2.24, 2.45) is 0 Å². The van der Waals surface area contributed by atoms with Crippen LogP contribution >= 0.6 is 0 Å². The van der Waals surface area contributed by atoms with Crippen LogP contribution in [0.2, 0.25) is 0 Å². The fraction of sp³-hybridized carbons (Fsp3) is 0.529. The summed E-state index contributed by atoms with van der Waals surface area (Å²) in [5.74, 6) is -0.395. The predicted molar refractivity (Wildman–Crippen MR) is 83.8 cm³/mol. The molecular weight excluding hydrogens is 282 g/mol. The molecule has 5 heteroatoms. The molecule has 5 nitrogen and oxygen atoms in total. The molecule has 1 aromatic rings. The van der Waals surface area contributed by atoms with Gasteiger partial charge in [-0.2, -0.15) is 0 Å². The number of nitrogens with zero attached hydrogens (tertiary/aromatic N) is 1. The number of para-hydroxylation sites is 1. The monoisotopic (exact) mass is 305 g/mol. The number of hydrogen-bond acceptors (Lipinski definition) is 4. The van der Waals surface area contributed by atoms with Gasteiger partial charge in [-0.1, -0.05) is 18.2 Å². The lowest BCUT2D eigenvalue weighted by atomic mass is 10.1. The van der Waals surface area contributed by atoms with Crippen molar-refractivity contribution in [1.29, 1.82) is 0 Å². The van der Waals surface area contributed by atoms with Crippen LogP contribution in [-0.4, -0.2) is 38.2 Å². The van der Waals surface area contributed by atoms with Crippen LogP contribution in [0.25, 0.3) is 0 Å². The van der Waals surface area contributed by atoms with Crippen molar-refractivity contribution in [1.82, 2.24) is 0 Å². The van der Waals surface area contributed by atoms with Gasteiger partial charge in [0.05, 0.1) is 13.5 Å². The first-order valence-electron chi connectivity index (χ1n) is 7.69. The minimum atomic E-state index is -0.411. The van der Waals surface area contributed by atoms with Crippen LogP contribution in [0, 0.1) is 6.92 Å². The van der Waals surface area contributed by atoms with E-state index in [2.05, 4.69) is 4.74 Å². The summed E-state index contributed by atoms with van der Waals surface area (Å²) in [6.45, 7) is 2.88. The molecule has 1 amide bonds. The number of methoxy groups -OCH3 is 1. The first kappa shape index (κ1) is 16.5. The van der Waals surface area contributed by atoms with Crippen molar-refractivity contribution in [2.75, 3.05) is 25.2 Å². The van der Waals surface area contributed by atoms with E-state index in [1.165, 1.54) is 7.11 Å². The van der Waals surface area contributed by atoms with E-state index in [9.17, 15) is 9.59 Å². The van der Waals surface area contributed by atoms with Crippen LogP contribution in [0.3, 0.4) is 0 Å². The van der Waals surface area contributed by atoms with Crippen molar-refractivity contribution < 1.29 is 19.1 Å². The van der Waals surface area contributed by atoms with Gasteiger partial charge in [0.1, 0.15) is 6.10 Å². The van der Waals surface area contributed by atoms with E-state index in [4.69, 9.17) is 4.74 Å². The molecule has 1 saturated heterocycles. The smallest absolute Gasteiger partial charge is 0.307 e. The summed E-state index contributed by atoms with van der Waals surface area (Å²) in [6.07, 6.45) is 2.49. The summed E-state index contributed by atoms with van der Waals surface area (Å²) in [7, 11) is 1.35. The molecule has 0 unspecified atom stereocenters. The first-order valence-corrected chi connectivity index (χ1v) is 7.69. The van der Waals surface area contributed by atoms with Crippen molar-refractivity contribution in [3.63, 3.8) is 0 Å². The molecule has 1 fully saturated rings. The van der Waals surface area contributed by atoms with E-state index < -0.39 is 6.10 Å². The van der Waals surface area contributed by atoms with E-state index in [1.807, 2.05) is 31.2 Å². The third kappa shape index (κ3) is 4.07. The Hall–Kier alpha value is -1.88. The van der Waals surface area contributed by atoms with Gasteiger partial charge in [-0.25, -0.2) is 0 Å². The van der Waals surface area contributed by atoms with Crippen LogP contribution in [0.15, 0.2) is 24.3 Å². The average Bonchev–Trinajstić information content (AvgIpc) is 2.56. The maximum absolute atomic E-state index is 12.8. The highest BCUT2D eigenvalue weighted by atomic mass is 16.5. The zero-order chi connectivity index (χ0) is 15.9. The summed E-state index contributed by atoms with van der Waals surface area (Å²) in [6, 6.07) is 7.67. The zero-order valence-corrected chi connectivity index (χ0v) is 13.2. The lowest BCUT2D eigenvalue weighted by Gasteiger charge is -2.30. The quantitative estimate of drug-likeness (QED) is 0.784. The van der Waals surface area contributed by atoms with Crippen molar-refractivity contribution >= 4 is 17.6 Å². The Morgan fingerprint density at radius 2 is 2.09 bits per heavy atom. The Balaban J connectivity index is 2.18. The van der Waals surface area contributed by atoms with Crippen molar-refractivity contribution in [3.05, 3.63) is 29.8 Å². The maximum Gasteiger partial charge on any atom is 0.307 e. The minimum Gasteiger partial charge on any atom is -0.469 e. The zero-order valence-electron chi connectivity index (χ0n) is 13.2. The third-order valence-electron chi connectivity index (χ3n) is 3.89. The van der Waals surface area contributed by atoms with E-state index in [1.54, 1.807) is 4.90 Å². The molecular formula is C17H23NO4. The van der Waals surface area contributed by atoms with E-state index in [-0.39, 0.29) is 18.3 Å². The van der Waals surface area contributed by atoms with Crippen molar-refractivity contribution in [2.45, 2.75) is 38.7 Å². The van der Waals surface area contributed by atoms with Gasteiger partial charge in [-0.05, 0) is 37.8 Å². The number of amides is 1. The number of carbonyl (C=O) groups is 2. The number of rotatable bonds is 5. The lowest BCUT2D eigenvalue weighted by Crippen LogP contribution is -2.43. The Morgan fingerprint density at radius 1 is 1.32 bits per heavy atom. The lowest BCUT2D eigenvalue weighted by molar-refractivity contribution is -0.140. The molecule has 1 atom stereocenters. The van der Waals surface area contributed by atoms with Crippen LogP contribution < -0.4 is 4.90 Å². The van der Waals surface area contributed by atoms with E-state index >= 15 is 0 Å². The molecule has 0 aromatic heterocycles. The predicted octanol–water partition coefficient (Wildman–Crippen LogP) is 2.46. The Kier molecular flexibility index (Phi) is 5.95. The van der Waals surface area contributed by atoms with Crippen LogP contribution in [-0.2, 0) is 19.1 Å². The summed E-state index contributed by atoms with van der Waals surface area (Å²) < 4.78 is 10.3. The van der Waals surface area contributed by atoms with Crippen LogP contribution in [0.4, 0.5) is 5.69 Å². The summed E-state index contributed by atoms with van der Waals surface area (Å²) in [5.41, 5.74) is 1.82. The fourth-order valence-electron chi connectivity index (χ4n) is 2.63. The third-order valence-corrected chi connectivity index (χ3v) is 3.89. The van der Waals surface area contributed by atoms with Crippen LogP contribution in [0.1, 0.15) is 31.2 Å². The highest BCUT2D eigenvalue weighted by molar-refractivity contribution is 5.97. The molecule has 22 heavy (non-hydrogen) atoms. The van der Waals surface area contributed by atoms with Gasteiger partial charge in [0, 0.05) is 18.8 Å². The molecule has 0 radical (unpaired) electrons. The van der Waals surface area contributed by atoms with Gasteiger partial charge >= 0.3 is 5.97 Å². The number of hydrogen-bond donors (Lipinski definition) is 0. The number of carbonyl (C=O) groups excluding carboxylic acids is 2. The molecule has 1 aliphatic heterocycles. The van der Waals surface area contributed by atoms with E-state index in [0.717, 1.165) is 30.5 Å². The molecule has 120 valence electrons. The molecule has 0 aliphatic carbocycles. The topological polar surface area (TPSA) is 55.8 Å². The molecule has 2 rings (SSSR count). The van der Waals surface area contributed by atoms with Gasteiger partial charge < -0.3 is 14.4 Å². The molecule has 0 bridgehead atoms. The second-order valence-electron chi connectivity index (χ2n) is 5.46. The SMILES string of the molecule is COC(=O)CCN(C(=O)[C@H]1CCCCO1)c1ccccc1C. The summed E-state index contributed by atoms with van der Waals surface area (Å²) in [4.78, 5) is 25.9. The average molecular weight is 305 g/mol. The normalized spacial score (nSPS) is 17.8. The number of ether oxygens (including phenoxy) is 2.